The fourth-order valence-electron chi connectivity index (χ4n) is 4.87. The fraction of sp³-hybridized carbons (Fsp3) is 0.767. The molecule has 1 saturated heterocycles. The van der Waals surface area contributed by atoms with E-state index in [2.05, 4.69) is 40.0 Å². The second kappa shape index (κ2) is 15.3. The predicted molar refractivity (Wildman–Crippen MR) is 145 cm³/mol. The quantitative estimate of drug-likeness (QED) is 0.249. The van der Waals surface area contributed by atoms with Crippen LogP contribution in [0.15, 0.2) is 24.3 Å². The van der Waals surface area contributed by atoms with E-state index >= 15 is 0 Å². The van der Waals surface area contributed by atoms with Gasteiger partial charge in [0.05, 0.1) is 24.8 Å². The van der Waals surface area contributed by atoms with Crippen LogP contribution in [0, 0.1) is 29.6 Å². The summed E-state index contributed by atoms with van der Waals surface area (Å²) in [5.41, 5.74) is 3.91. The van der Waals surface area contributed by atoms with Crippen molar-refractivity contribution in [1.29, 1.82) is 0 Å². The molecule has 4 heteroatoms. The van der Waals surface area contributed by atoms with Crippen LogP contribution in [0.4, 0.5) is 5.69 Å². The van der Waals surface area contributed by atoms with Gasteiger partial charge in [-0.05, 0) is 42.2 Å². The molecular weight excluding hydrogens is 420 g/mol. The number of nitrogens with one attached hydrogen (secondary N) is 1. The van der Waals surface area contributed by atoms with Crippen LogP contribution >= 0.6 is 0 Å². The molecule has 34 heavy (non-hydrogen) atoms. The Kier molecular flexibility index (Phi) is 12.9. The molecule has 2 rings (SSSR count). The van der Waals surface area contributed by atoms with Gasteiger partial charge in [0.1, 0.15) is 5.75 Å². The summed E-state index contributed by atoms with van der Waals surface area (Å²) in [5, 5.41) is 1.91. The smallest absolute Gasteiger partial charge is 0.243 e. The molecule has 194 valence electrons. The van der Waals surface area contributed by atoms with Crippen LogP contribution in [-0.4, -0.2) is 19.1 Å². The van der Waals surface area contributed by atoms with E-state index in [1.807, 2.05) is 36.2 Å². The molecule has 4 atom stereocenters. The molecule has 1 N–H and O–H groups in total. The molecule has 0 saturated carbocycles. The molecule has 1 aliphatic heterocycles. The Balaban J connectivity index is 1.53. The van der Waals surface area contributed by atoms with Gasteiger partial charge >= 0.3 is 0 Å². The summed E-state index contributed by atoms with van der Waals surface area (Å²) in [6.07, 6.45) is 13.4. The van der Waals surface area contributed by atoms with Crippen molar-refractivity contribution in [3.05, 3.63) is 24.3 Å². The number of hydrazine groups is 1. The number of carbonyl (C=O) groups is 1. The first-order chi connectivity index (χ1) is 16.2. The van der Waals surface area contributed by atoms with Crippen molar-refractivity contribution >= 4 is 11.6 Å². The van der Waals surface area contributed by atoms with Crippen molar-refractivity contribution in [2.45, 2.75) is 106 Å². The third-order valence-corrected chi connectivity index (χ3v) is 7.42. The number of nitrogens with zero attached hydrogens (tertiary/aromatic N) is 1. The van der Waals surface area contributed by atoms with E-state index in [9.17, 15) is 4.79 Å². The van der Waals surface area contributed by atoms with E-state index in [1.54, 1.807) is 0 Å². The summed E-state index contributed by atoms with van der Waals surface area (Å²) < 4.78 is 6.04. The number of rotatable bonds is 17. The molecule has 4 unspecified atom stereocenters. The molecule has 1 aromatic carbocycles. The zero-order valence-electron chi connectivity index (χ0n) is 22.9. The molecule has 4 nitrogen and oxygen atoms in total. The van der Waals surface area contributed by atoms with Crippen molar-refractivity contribution in [2.24, 2.45) is 29.6 Å². The van der Waals surface area contributed by atoms with E-state index in [1.165, 1.54) is 57.8 Å². The van der Waals surface area contributed by atoms with Gasteiger partial charge in [0.2, 0.25) is 5.91 Å². The van der Waals surface area contributed by atoms with Crippen molar-refractivity contribution in [3.63, 3.8) is 0 Å². The number of anilines is 1. The largest absolute Gasteiger partial charge is 0.494 e. The minimum absolute atomic E-state index is 0.0243. The number of ether oxygens (including phenoxy) is 1. The van der Waals surface area contributed by atoms with Crippen molar-refractivity contribution in [3.8, 4) is 5.75 Å². The first-order valence-corrected chi connectivity index (χ1v) is 14.1. The highest BCUT2D eigenvalue weighted by Gasteiger charge is 2.26. The third kappa shape index (κ3) is 11.1. The van der Waals surface area contributed by atoms with Crippen LogP contribution in [0.1, 0.15) is 106 Å². The maximum absolute atomic E-state index is 11.8. The van der Waals surface area contributed by atoms with Crippen LogP contribution in [0.5, 0.6) is 5.75 Å². The maximum Gasteiger partial charge on any atom is 0.243 e. The number of carbonyl (C=O) groups excluding carboxylic acids is 1. The van der Waals surface area contributed by atoms with Crippen LogP contribution in [0.3, 0.4) is 0 Å². The average molecular weight is 473 g/mol. The Morgan fingerprint density at radius 3 is 1.97 bits per heavy atom. The van der Waals surface area contributed by atoms with Gasteiger partial charge in [0.15, 0.2) is 0 Å². The summed E-state index contributed by atoms with van der Waals surface area (Å²) in [5.74, 6) is 4.27. The number of hydrogen-bond acceptors (Lipinski definition) is 3. The maximum atomic E-state index is 11.8. The lowest BCUT2D eigenvalue weighted by molar-refractivity contribution is -0.121. The molecule has 0 aliphatic carbocycles. The van der Waals surface area contributed by atoms with E-state index < -0.39 is 0 Å². The monoisotopic (exact) mass is 472 g/mol. The Morgan fingerprint density at radius 1 is 0.882 bits per heavy atom. The molecule has 1 fully saturated rings. The van der Waals surface area contributed by atoms with Crippen molar-refractivity contribution < 1.29 is 9.53 Å². The lowest BCUT2D eigenvalue weighted by Crippen LogP contribution is -2.32. The Labute approximate surface area is 210 Å². The van der Waals surface area contributed by atoms with Gasteiger partial charge in [0, 0.05) is 6.07 Å². The highest BCUT2D eigenvalue weighted by molar-refractivity contribution is 5.83. The molecule has 1 aromatic rings. The van der Waals surface area contributed by atoms with Gasteiger partial charge in [-0.2, -0.15) is 0 Å². The van der Waals surface area contributed by atoms with Crippen molar-refractivity contribution in [1.82, 2.24) is 5.43 Å². The molecule has 1 amide bonds. The minimum Gasteiger partial charge on any atom is -0.494 e. The van der Waals surface area contributed by atoms with Gasteiger partial charge in [-0.1, -0.05) is 105 Å². The normalized spacial score (nSPS) is 18.7. The Hall–Kier alpha value is -1.71. The molecule has 1 heterocycles. The second-order valence-electron chi connectivity index (χ2n) is 11.6. The van der Waals surface area contributed by atoms with E-state index in [0.29, 0.717) is 12.5 Å². The molecule has 0 aromatic heterocycles. The first-order valence-electron chi connectivity index (χ1n) is 14.1. The molecule has 0 bridgehead atoms. The molecular formula is C30H52N2O2. The summed E-state index contributed by atoms with van der Waals surface area (Å²) >= 11 is 0. The summed E-state index contributed by atoms with van der Waals surface area (Å²) in [6.45, 7) is 15.3. The van der Waals surface area contributed by atoms with Gasteiger partial charge in [-0.15, -0.1) is 0 Å². The summed E-state index contributed by atoms with van der Waals surface area (Å²) in [7, 11) is 0. The first kappa shape index (κ1) is 28.5. The standard InChI is InChI=1S/C30H52N2O2/c1-23(2)11-7-12-24(3)13-8-14-25(4)15-9-16-26(5)19-20-34-29-18-10-17-28(21-29)32-22-27(6)30(33)31-32/h10,17-18,21,23-27H,7-9,11-16,19-20,22H2,1-6H3,(H,31,33). The predicted octanol–water partition coefficient (Wildman–Crippen LogP) is 8.02. The van der Waals surface area contributed by atoms with Crippen molar-refractivity contribution in [2.75, 3.05) is 18.2 Å². The second-order valence-corrected chi connectivity index (χ2v) is 11.6. The average Bonchev–Trinajstić information content (AvgIpc) is 3.12. The van der Waals surface area contributed by atoms with Gasteiger partial charge in [-0.25, -0.2) is 0 Å². The minimum atomic E-state index is 0.0243. The zero-order valence-corrected chi connectivity index (χ0v) is 22.9. The van der Waals surface area contributed by atoms with E-state index in [-0.39, 0.29) is 11.8 Å². The lowest BCUT2D eigenvalue weighted by atomic mass is 9.91. The SMILES string of the molecule is CC(C)CCCC(C)CCCC(C)CCCC(C)CCOc1cccc(N2CC(C)C(=O)N2)c1. The van der Waals surface area contributed by atoms with Crippen LogP contribution < -0.4 is 15.2 Å². The van der Waals surface area contributed by atoms with Crippen LogP contribution in [0.25, 0.3) is 0 Å². The highest BCUT2D eigenvalue weighted by atomic mass is 16.5. The van der Waals surface area contributed by atoms with Crippen LogP contribution in [-0.2, 0) is 4.79 Å². The van der Waals surface area contributed by atoms with E-state index in [0.717, 1.165) is 42.2 Å². The molecule has 0 radical (unpaired) electrons. The Bertz CT molecular complexity index is 705. The fourth-order valence-corrected chi connectivity index (χ4v) is 4.87. The van der Waals surface area contributed by atoms with E-state index in [4.69, 9.17) is 4.74 Å². The highest BCUT2D eigenvalue weighted by Crippen LogP contribution is 2.25. The Morgan fingerprint density at radius 2 is 1.44 bits per heavy atom. The van der Waals surface area contributed by atoms with Gasteiger partial charge < -0.3 is 4.74 Å². The summed E-state index contributed by atoms with van der Waals surface area (Å²) in [6, 6.07) is 8.04. The number of amides is 1. The number of hydrogen-bond donors (Lipinski definition) is 1. The molecule has 0 spiro atoms. The number of benzene rings is 1. The zero-order chi connectivity index (χ0) is 24.9. The summed E-state index contributed by atoms with van der Waals surface area (Å²) in [4.78, 5) is 11.8. The topological polar surface area (TPSA) is 41.6 Å². The van der Waals surface area contributed by atoms with Gasteiger partial charge in [-0.3, -0.25) is 15.2 Å². The third-order valence-electron chi connectivity index (χ3n) is 7.42. The van der Waals surface area contributed by atoms with Crippen LogP contribution in [0.2, 0.25) is 0 Å². The molecule has 1 aliphatic rings. The lowest BCUT2D eigenvalue weighted by Gasteiger charge is -2.19. The van der Waals surface area contributed by atoms with Gasteiger partial charge in [0.25, 0.3) is 0 Å².